The number of carbonyl (C=O) groups is 1. The second-order valence-corrected chi connectivity index (χ2v) is 9.06. The average molecular weight is 550 g/mol. The summed E-state index contributed by atoms with van der Waals surface area (Å²) in [6.07, 6.45) is -4.42. The minimum Gasteiger partial charge on any atom is -0.454 e. The van der Waals surface area contributed by atoms with E-state index in [1.54, 1.807) is 41.4 Å². The second kappa shape index (κ2) is 9.37. The Labute approximate surface area is 208 Å². The molecule has 11 heteroatoms. The molecule has 3 aromatic heterocycles. The van der Waals surface area contributed by atoms with E-state index in [2.05, 4.69) is 31.4 Å². The fraction of sp³-hybridized carbons (Fsp3) is 0.292. The van der Waals surface area contributed by atoms with Crippen LogP contribution in [0.25, 0.3) is 0 Å². The summed E-state index contributed by atoms with van der Waals surface area (Å²) >= 11 is 3.49. The Morgan fingerprint density at radius 2 is 1.69 bits per heavy atom. The van der Waals surface area contributed by atoms with Crippen molar-refractivity contribution in [1.82, 2.24) is 19.6 Å². The zero-order valence-electron chi connectivity index (χ0n) is 19.5. The van der Waals surface area contributed by atoms with Crippen LogP contribution in [0.3, 0.4) is 0 Å². The predicted octanol–water partition coefficient (Wildman–Crippen LogP) is 6.04. The normalized spacial score (nSPS) is 11.8. The molecule has 7 nitrogen and oxygen atoms in total. The maximum absolute atomic E-state index is 13.0. The molecule has 4 rings (SSSR count). The van der Waals surface area contributed by atoms with Gasteiger partial charge in [0.15, 0.2) is 5.76 Å². The van der Waals surface area contributed by atoms with Gasteiger partial charge in [-0.3, -0.25) is 14.2 Å². The summed E-state index contributed by atoms with van der Waals surface area (Å²) in [5, 5.41) is 11.7. The average Bonchev–Trinajstić information content (AvgIpc) is 3.44. The van der Waals surface area contributed by atoms with Gasteiger partial charge in [-0.2, -0.15) is 23.4 Å². The zero-order chi connectivity index (χ0) is 25.5. The number of nitrogens with zero attached hydrogens (tertiary/aromatic N) is 4. The molecule has 184 valence electrons. The van der Waals surface area contributed by atoms with E-state index in [1.165, 1.54) is 6.07 Å². The van der Waals surface area contributed by atoms with Crippen LogP contribution in [0.5, 0.6) is 0 Å². The molecule has 3 heterocycles. The Hall–Kier alpha value is -3.34. The lowest BCUT2D eigenvalue weighted by molar-refractivity contribution is -0.137. The first-order chi connectivity index (χ1) is 16.4. The van der Waals surface area contributed by atoms with E-state index in [4.69, 9.17) is 4.42 Å². The van der Waals surface area contributed by atoms with E-state index < -0.39 is 17.6 Å². The lowest BCUT2D eigenvalue weighted by atomic mass is 10.1. The minimum atomic E-state index is -4.42. The third-order valence-corrected chi connectivity index (χ3v) is 6.84. The van der Waals surface area contributed by atoms with Gasteiger partial charge < -0.3 is 9.73 Å². The Kier molecular flexibility index (Phi) is 6.63. The number of rotatable bonds is 6. The summed E-state index contributed by atoms with van der Waals surface area (Å²) in [6.45, 7) is 7.81. The number of nitrogens with one attached hydrogen (secondary N) is 1. The van der Waals surface area contributed by atoms with E-state index in [0.29, 0.717) is 34.9 Å². The van der Waals surface area contributed by atoms with Crippen molar-refractivity contribution < 1.29 is 22.4 Å². The number of aryl methyl sites for hydroxylation is 2. The topological polar surface area (TPSA) is 77.9 Å². The highest BCUT2D eigenvalue weighted by molar-refractivity contribution is 9.10. The zero-order valence-corrected chi connectivity index (χ0v) is 21.1. The molecule has 0 bridgehead atoms. The maximum Gasteiger partial charge on any atom is 0.416 e. The molecule has 35 heavy (non-hydrogen) atoms. The smallest absolute Gasteiger partial charge is 0.416 e. The van der Waals surface area contributed by atoms with Crippen molar-refractivity contribution in [3.8, 4) is 0 Å². The van der Waals surface area contributed by atoms with Gasteiger partial charge in [-0.15, -0.1) is 0 Å². The molecule has 0 spiro atoms. The lowest BCUT2D eigenvalue weighted by Gasteiger charge is -2.10. The van der Waals surface area contributed by atoms with Crippen LogP contribution >= 0.6 is 15.9 Å². The van der Waals surface area contributed by atoms with Gasteiger partial charge in [0.1, 0.15) is 5.76 Å². The summed E-state index contributed by atoms with van der Waals surface area (Å²) in [6, 6.07) is 8.41. The number of anilines is 1. The van der Waals surface area contributed by atoms with Crippen molar-refractivity contribution >= 4 is 27.5 Å². The van der Waals surface area contributed by atoms with Gasteiger partial charge >= 0.3 is 6.18 Å². The van der Waals surface area contributed by atoms with E-state index in [0.717, 1.165) is 28.0 Å². The summed E-state index contributed by atoms with van der Waals surface area (Å²) in [4.78, 5) is 12.8. The fourth-order valence-corrected chi connectivity index (χ4v) is 4.07. The number of hydrogen-bond donors (Lipinski definition) is 1. The molecule has 0 unspecified atom stereocenters. The molecule has 1 aromatic carbocycles. The molecular weight excluding hydrogens is 527 g/mol. The van der Waals surface area contributed by atoms with Gasteiger partial charge in [-0.25, -0.2) is 0 Å². The third kappa shape index (κ3) is 5.19. The van der Waals surface area contributed by atoms with Crippen LogP contribution in [0.15, 0.2) is 45.3 Å². The Bertz CT molecular complexity index is 1400. The monoisotopic (exact) mass is 549 g/mol. The third-order valence-electron chi connectivity index (χ3n) is 5.69. The number of amides is 1. The SMILES string of the molecule is Cc1nn(Cc2ccc(C(=O)Nc3c(C)nn(Cc4cccc(C(F)(F)F)c4)c3C)o2)c(C)c1Br. The van der Waals surface area contributed by atoms with Gasteiger partial charge in [0.05, 0.1) is 51.6 Å². The highest BCUT2D eigenvalue weighted by atomic mass is 79.9. The molecule has 0 aliphatic carbocycles. The van der Waals surface area contributed by atoms with E-state index in [1.807, 2.05) is 13.8 Å². The highest BCUT2D eigenvalue weighted by Gasteiger charge is 2.30. The first-order valence-electron chi connectivity index (χ1n) is 10.7. The van der Waals surface area contributed by atoms with E-state index in [9.17, 15) is 18.0 Å². The Morgan fingerprint density at radius 1 is 1.00 bits per heavy atom. The van der Waals surface area contributed by atoms with Gasteiger partial charge in [-0.1, -0.05) is 12.1 Å². The lowest BCUT2D eigenvalue weighted by Crippen LogP contribution is -2.13. The molecule has 0 atom stereocenters. The van der Waals surface area contributed by atoms with Gasteiger partial charge in [0.25, 0.3) is 5.91 Å². The second-order valence-electron chi connectivity index (χ2n) is 8.26. The fourth-order valence-electron chi connectivity index (χ4n) is 3.79. The van der Waals surface area contributed by atoms with Crippen molar-refractivity contribution in [1.29, 1.82) is 0 Å². The molecule has 0 saturated carbocycles. The van der Waals surface area contributed by atoms with Crippen molar-refractivity contribution in [3.05, 3.63) is 86.3 Å². The molecule has 1 amide bonds. The van der Waals surface area contributed by atoms with Crippen molar-refractivity contribution in [3.63, 3.8) is 0 Å². The Balaban J connectivity index is 1.48. The summed E-state index contributed by atoms with van der Waals surface area (Å²) < 4.78 is 49.1. The van der Waals surface area contributed by atoms with Crippen molar-refractivity contribution in [2.45, 2.75) is 47.0 Å². The minimum absolute atomic E-state index is 0.130. The standard InChI is InChI=1S/C24H23BrF3N5O2/c1-13-21(25)15(3)33(30-13)12-19-8-9-20(35-19)23(34)29-22-14(2)31-32(16(22)4)11-17-6-5-7-18(10-17)24(26,27)28/h5-10H,11-12H2,1-4H3,(H,29,34). The molecular formula is C24H23BrF3N5O2. The predicted molar refractivity (Wildman–Crippen MR) is 127 cm³/mol. The van der Waals surface area contributed by atoms with Crippen LogP contribution in [0.2, 0.25) is 0 Å². The highest BCUT2D eigenvalue weighted by Crippen LogP contribution is 2.30. The van der Waals surface area contributed by atoms with Gasteiger partial charge in [-0.05, 0) is 73.5 Å². The first-order valence-corrected chi connectivity index (χ1v) is 11.5. The molecule has 0 aliphatic heterocycles. The van der Waals surface area contributed by atoms with E-state index >= 15 is 0 Å². The van der Waals surface area contributed by atoms with Crippen LogP contribution < -0.4 is 5.32 Å². The Morgan fingerprint density at radius 3 is 2.34 bits per heavy atom. The number of halogens is 4. The largest absolute Gasteiger partial charge is 0.454 e. The molecule has 1 N–H and O–H groups in total. The summed E-state index contributed by atoms with van der Waals surface area (Å²) in [5.74, 6) is 0.252. The van der Waals surface area contributed by atoms with Gasteiger partial charge in [0, 0.05) is 0 Å². The maximum atomic E-state index is 13.0. The number of hydrogen-bond acceptors (Lipinski definition) is 4. The van der Waals surface area contributed by atoms with Crippen LogP contribution in [-0.4, -0.2) is 25.5 Å². The van der Waals surface area contributed by atoms with Crippen LogP contribution in [0, 0.1) is 27.7 Å². The first kappa shape index (κ1) is 24.8. The van der Waals surface area contributed by atoms with Crippen LogP contribution in [-0.2, 0) is 19.3 Å². The van der Waals surface area contributed by atoms with E-state index in [-0.39, 0.29) is 12.3 Å². The van der Waals surface area contributed by atoms with Gasteiger partial charge in [0.2, 0.25) is 0 Å². The molecule has 0 saturated heterocycles. The summed E-state index contributed by atoms with van der Waals surface area (Å²) in [7, 11) is 0. The number of aromatic nitrogens is 4. The molecule has 4 aromatic rings. The van der Waals surface area contributed by atoms with Crippen LogP contribution in [0.4, 0.5) is 18.9 Å². The summed E-state index contributed by atoms with van der Waals surface area (Å²) in [5.41, 5.74) is 3.20. The van der Waals surface area contributed by atoms with Crippen LogP contribution in [0.1, 0.15) is 50.2 Å². The quantitative estimate of drug-likeness (QED) is 0.318. The number of furan rings is 1. The molecule has 0 radical (unpaired) electrons. The number of alkyl halides is 3. The van der Waals surface area contributed by atoms with Crippen molar-refractivity contribution in [2.24, 2.45) is 0 Å². The molecule has 0 fully saturated rings. The van der Waals surface area contributed by atoms with Crippen molar-refractivity contribution in [2.75, 3.05) is 5.32 Å². The number of benzene rings is 1. The molecule has 0 aliphatic rings. The number of carbonyl (C=O) groups excluding carboxylic acids is 1.